The van der Waals surface area contributed by atoms with E-state index < -0.39 is 29.7 Å². The molecule has 1 aromatic heterocycles. The molecule has 4 nitrogen and oxygen atoms in total. The van der Waals surface area contributed by atoms with Crippen LogP contribution in [0.4, 0.5) is 23.5 Å². The predicted molar refractivity (Wildman–Crippen MR) is 99.9 cm³/mol. The molecule has 1 fully saturated rings. The zero-order valence-corrected chi connectivity index (χ0v) is 15.4. The van der Waals surface area contributed by atoms with Crippen molar-refractivity contribution in [2.45, 2.75) is 25.2 Å². The highest BCUT2D eigenvalue weighted by Gasteiger charge is 2.29. The van der Waals surface area contributed by atoms with Crippen LogP contribution in [0.3, 0.4) is 0 Å². The Morgan fingerprint density at radius 3 is 2.61 bits per heavy atom. The largest absolute Gasteiger partial charge is 0.340 e. The Morgan fingerprint density at radius 1 is 1.14 bits per heavy atom. The molecule has 3 aromatic rings. The average molecular weight is 413 g/mol. The number of aromatic nitrogens is 2. The summed E-state index contributed by atoms with van der Waals surface area (Å²) in [6.45, 7) is 0.730. The summed E-state index contributed by atoms with van der Waals surface area (Å²) in [6.07, 6.45) is -0.889. The number of alkyl halides is 1. The summed E-state index contributed by atoms with van der Waals surface area (Å²) in [5, 5.41) is 0.203. The number of imidazole rings is 1. The van der Waals surface area contributed by atoms with E-state index in [1.165, 1.54) is 18.2 Å². The summed E-state index contributed by atoms with van der Waals surface area (Å²) in [4.78, 5) is 6.21. The first kappa shape index (κ1) is 19.0. The monoisotopic (exact) mass is 412 g/mol. The molecular weight excluding hydrogens is 396 g/mol. The third kappa shape index (κ3) is 3.42. The number of hydrogen-bond acceptors (Lipinski definition) is 3. The Morgan fingerprint density at radius 2 is 1.89 bits per heavy atom. The van der Waals surface area contributed by atoms with Gasteiger partial charge in [0.25, 0.3) is 0 Å². The second-order valence-electron chi connectivity index (χ2n) is 6.90. The molecule has 28 heavy (non-hydrogen) atoms. The molecule has 1 aliphatic heterocycles. The van der Waals surface area contributed by atoms with Gasteiger partial charge in [0.15, 0.2) is 11.6 Å². The van der Waals surface area contributed by atoms with E-state index in [1.807, 2.05) is 0 Å². The zero-order valence-electron chi connectivity index (χ0n) is 14.7. The van der Waals surface area contributed by atoms with Crippen molar-refractivity contribution in [2.75, 3.05) is 18.0 Å². The lowest BCUT2D eigenvalue weighted by Crippen LogP contribution is -2.50. The lowest BCUT2D eigenvalue weighted by molar-refractivity contribution is 0.243. The molecule has 1 unspecified atom stereocenters. The van der Waals surface area contributed by atoms with E-state index >= 15 is 0 Å². The summed E-state index contributed by atoms with van der Waals surface area (Å²) < 4.78 is 56.4. The minimum absolute atomic E-state index is 0.154. The van der Waals surface area contributed by atoms with Crippen LogP contribution in [0.2, 0.25) is 5.02 Å². The summed E-state index contributed by atoms with van der Waals surface area (Å²) in [7, 11) is 0. The number of rotatable bonds is 3. The van der Waals surface area contributed by atoms with Crippen LogP contribution in [-0.4, -0.2) is 34.9 Å². The lowest BCUT2D eigenvalue weighted by atomic mass is 10.1. The van der Waals surface area contributed by atoms with E-state index in [4.69, 9.17) is 17.3 Å². The maximum atomic E-state index is 13.9. The number of piperidine rings is 1. The number of nitrogens with two attached hydrogens (primary N) is 1. The van der Waals surface area contributed by atoms with Crippen molar-refractivity contribution in [2.24, 2.45) is 5.73 Å². The molecule has 2 N–H and O–H groups in total. The van der Waals surface area contributed by atoms with Crippen molar-refractivity contribution in [1.82, 2.24) is 9.55 Å². The van der Waals surface area contributed by atoms with E-state index in [0.717, 1.165) is 12.1 Å². The highest BCUT2D eigenvalue weighted by Crippen LogP contribution is 2.29. The fourth-order valence-electron chi connectivity index (χ4n) is 3.46. The molecule has 2 aromatic carbocycles. The Kier molecular flexibility index (Phi) is 4.93. The molecule has 1 saturated heterocycles. The van der Waals surface area contributed by atoms with Crippen LogP contribution in [0.5, 0.6) is 0 Å². The van der Waals surface area contributed by atoms with Crippen LogP contribution in [0.15, 0.2) is 30.3 Å². The molecule has 0 spiro atoms. The second kappa shape index (κ2) is 7.25. The number of fused-ring (bicyclic) bond motifs is 1. The van der Waals surface area contributed by atoms with Gasteiger partial charge in [-0.1, -0.05) is 17.7 Å². The molecular formula is C19H17ClF4N4. The van der Waals surface area contributed by atoms with Crippen molar-refractivity contribution < 1.29 is 17.6 Å². The topological polar surface area (TPSA) is 47.1 Å². The highest BCUT2D eigenvalue weighted by molar-refractivity contribution is 6.31. The van der Waals surface area contributed by atoms with Crippen molar-refractivity contribution >= 4 is 28.6 Å². The van der Waals surface area contributed by atoms with Crippen molar-refractivity contribution in [3.8, 4) is 0 Å². The van der Waals surface area contributed by atoms with Crippen molar-refractivity contribution in [3.05, 3.63) is 58.4 Å². The molecule has 2 heterocycles. The quantitative estimate of drug-likeness (QED) is 0.661. The van der Waals surface area contributed by atoms with Gasteiger partial charge in [-0.15, -0.1) is 0 Å². The van der Waals surface area contributed by atoms with Gasteiger partial charge in [-0.2, -0.15) is 0 Å². The molecule has 0 amide bonds. The SMILES string of the molecule is N[C@@H]1CN(c2nc3cc(F)c(F)cc3n2Cc2ccc(F)cc2Cl)CCC1F. The molecule has 148 valence electrons. The molecule has 0 radical (unpaired) electrons. The minimum Gasteiger partial charge on any atom is -0.340 e. The fraction of sp³-hybridized carbons (Fsp3) is 0.316. The molecule has 0 saturated carbocycles. The molecule has 4 rings (SSSR count). The van der Waals surface area contributed by atoms with Crippen LogP contribution in [0, 0.1) is 17.5 Å². The van der Waals surface area contributed by atoms with Gasteiger partial charge in [0, 0.05) is 30.2 Å². The Labute approximate surface area is 163 Å². The van der Waals surface area contributed by atoms with E-state index in [2.05, 4.69) is 4.98 Å². The number of benzene rings is 2. The van der Waals surface area contributed by atoms with Gasteiger partial charge in [-0.05, 0) is 24.1 Å². The number of anilines is 1. The highest BCUT2D eigenvalue weighted by atomic mass is 35.5. The number of hydrogen-bond donors (Lipinski definition) is 1. The summed E-state index contributed by atoms with van der Waals surface area (Å²) >= 11 is 6.14. The van der Waals surface area contributed by atoms with E-state index in [9.17, 15) is 17.6 Å². The first-order chi connectivity index (χ1) is 13.3. The molecule has 9 heteroatoms. The van der Waals surface area contributed by atoms with Crippen LogP contribution < -0.4 is 10.6 Å². The van der Waals surface area contributed by atoms with Crippen molar-refractivity contribution in [1.29, 1.82) is 0 Å². The van der Waals surface area contributed by atoms with Gasteiger partial charge in [0.1, 0.15) is 12.0 Å². The van der Waals surface area contributed by atoms with E-state index in [1.54, 1.807) is 9.47 Å². The summed E-state index contributed by atoms with van der Waals surface area (Å²) in [6, 6.07) is 5.35. The standard InChI is InChI=1S/C19H17ClF4N4/c20-12-5-11(21)2-1-10(12)8-28-18-7-15(24)14(23)6-17(18)26-19(28)27-4-3-13(22)16(25)9-27/h1-2,5-7,13,16H,3-4,8-9,25H2/t13?,16-/m1/s1. The normalized spacial score (nSPS) is 20.1. The average Bonchev–Trinajstić information content (AvgIpc) is 2.97. The lowest BCUT2D eigenvalue weighted by Gasteiger charge is -2.34. The Balaban J connectivity index is 1.83. The summed E-state index contributed by atoms with van der Waals surface area (Å²) in [5.41, 5.74) is 7.04. The smallest absolute Gasteiger partial charge is 0.206 e. The first-order valence-electron chi connectivity index (χ1n) is 8.77. The van der Waals surface area contributed by atoms with E-state index in [-0.39, 0.29) is 30.0 Å². The molecule has 2 atom stereocenters. The van der Waals surface area contributed by atoms with Crippen LogP contribution in [0.25, 0.3) is 11.0 Å². The Hall–Kier alpha value is -2.32. The van der Waals surface area contributed by atoms with Crippen molar-refractivity contribution in [3.63, 3.8) is 0 Å². The maximum absolute atomic E-state index is 13.9. The van der Waals surface area contributed by atoms with Crippen LogP contribution in [-0.2, 0) is 6.54 Å². The fourth-order valence-corrected chi connectivity index (χ4v) is 3.69. The van der Waals surface area contributed by atoms with Crippen LogP contribution >= 0.6 is 11.6 Å². The van der Waals surface area contributed by atoms with Gasteiger partial charge in [-0.3, -0.25) is 0 Å². The number of nitrogens with zero attached hydrogens (tertiary/aromatic N) is 3. The summed E-state index contributed by atoms with van der Waals surface area (Å²) in [5.74, 6) is -2.09. The number of halogens is 5. The van der Waals surface area contributed by atoms with Gasteiger partial charge in [-0.25, -0.2) is 22.5 Å². The van der Waals surface area contributed by atoms with Gasteiger partial charge >= 0.3 is 0 Å². The minimum atomic E-state index is -1.12. The van der Waals surface area contributed by atoms with E-state index in [0.29, 0.717) is 23.6 Å². The molecule has 0 aliphatic carbocycles. The maximum Gasteiger partial charge on any atom is 0.206 e. The second-order valence-corrected chi connectivity index (χ2v) is 7.31. The van der Waals surface area contributed by atoms with Gasteiger partial charge < -0.3 is 15.2 Å². The zero-order chi connectivity index (χ0) is 20.0. The third-order valence-corrected chi connectivity index (χ3v) is 5.32. The van der Waals surface area contributed by atoms with Gasteiger partial charge in [0.05, 0.1) is 23.6 Å². The Bertz CT molecular complexity index is 1040. The van der Waals surface area contributed by atoms with Gasteiger partial charge in [0.2, 0.25) is 5.95 Å². The van der Waals surface area contributed by atoms with Crippen LogP contribution in [0.1, 0.15) is 12.0 Å². The molecule has 0 bridgehead atoms. The first-order valence-corrected chi connectivity index (χ1v) is 9.15. The predicted octanol–water partition coefficient (Wildman–Crippen LogP) is 4.03. The third-order valence-electron chi connectivity index (χ3n) is 4.97. The molecule has 1 aliphatic rings.